The van der Waals surface area contributed by atoms with Crippen molar-refractivity contribution in [2.45, 2.75) is 32.6 Å². The maximum Gasteiger partial charge on any atom is 0.270 e. The smallest absolute Gasteiger partial charge is 0.270 e. The van der Waals surface area contributed by atoms with Crippen LogP contribution in [0.1, 0.15) is 43.7 Å². The lowest BCUT2D eigenvalue weighted by atomic mass is 9.99. The lowest BCUT2D eigenvalue weighted by molar-refractivity contribution is -0.113. The number of benzene rings is 3. The van der Waals surface area contributed by atoms with Gasteiger partial charge in [-0.1, -0.05) is 74.2 Å². The van der Waals surface area contributed by atoms with E-state index in [1.807, 2.05) is 66.7 Å². The van der Waals surface area contributed by atoms with Crippen molar-refractivity contribution in [3.05, 3.63) is 88.8 Å². The largest absolute Gasteiger partial charge is 0.493 e. The van der Waals surface area contributed by atoms with Crippen LogP contribution in [0.3, 0.4) is 0 Å². The van der Waals surface area contributed by atoms with Gasteiger partial charge in [-0.25, -0.2) is 0 Å². The summed E-state index contributed by atoms with van der Waals surface area (Å²) >= 11 is 6.75. The summed E-state index contributed by atoms with van der Waals surface area (Å²) in [6, 6.07) is 23.4. The van der Waals surface area contributed by atoms with Crippen LogP contribution in [0, 0.1) is 0 Å². The molecule has 1 saturated heterocycles. The highest BCUT2D eigenvalue weighted by atomic mass is 32.2. The Kier molecular flexibility index (Phi) is 9.25. The fraction of sp³-hybridized carbons (Fsp3) is 0.267. The number of rotatable bonds is 11. The Labute approximate surface area is 228 Å². The first-order chi connectivity index (χ1) is 18.0. The van der Waals surface area contributed by atoms with Gasteiger partial charge >= 0.3 is 0 Å². The van der Waals surface area contributed by atoms with Gasteiger partial charge in [0.2, 0.25) is 0 Å². The summed E-state index contributed by atoms with van der Waals surface area (Å²) in [6.45, 7) is 5.48. The van der Waals surface area contributed by atoms with Crippen molar-refractivity contribution < 1.29 is 19.0 Å². The van der Waals surface area contributed by atoms with E-state index in [0.29, 0.717) is 39.9 Å². The van der Waals surface area contributed by atoms with Gasteiger partial charge in [-0.05, 0) is 65.9 Å². The number of carbonyl (C=O) groups excluding carboxylic acids is 1. The molecule has 0 spiro atoms. The first-order valence-corrected chi connectivity index (χ1v) is 13.6. The number of thioether (sulfide) groups is 1. The average molecular weight is 534 g/mol. The minimum absolute atomic E-state index is 0.130. The molecule has 1 amide bonds. The quantitative estimate of drug-likeness (QED) is 0.145. The average Bonchev–Trinajstić information content (AvgIpc) is 3.21. The molecule has 5 nitrogen and oxygen atoms in total. The van der Waals surface area contributed by atoms with Gasteiger partial charge in [-0.3, -0.25) is 9.69 Å². The molecule has 4 rings (SSSR count). The fourth-order valence-corrected chi connectivity index (χ4v) is 5.17. The highest BCUT2D eigenvalue weighted by Gasteiger charge is 2.33. The molecule has 0 N–H and O–H groups in total. The Bertz CT molecular complexity index is 1260. The zero-order chi connectivity index (χ0) is 26.2. The Balaban J connectivity index is 1.31. The van der Waals surface area contributed by atoms with Gasteiger partial charge < -0.3 is 14.2 Å². The molecule has 1 fully saturated rings. The molecule has 1 aliphatic rings. The molecule has 0 unspecified atom stereocenters. The molecule has 0 saturated carbocycles. The molecule has 0 aromatic heterocycles. The van der Waals surface area contributed by atoms with Crippen LogP contribution >= 0.6 is 24.0 Å². The van der Waals surface area contributed by atoms with E-state index in [2.05, 4.69) is 26.0 Å². The minimum Gasteiger partial charge on any atom is -0.493 e. The van der Waals surface area contributed by atoms with Gasteiger partial charge in [0.15, 0.2) is 15.8 Å². The van der Waals surface area contributed by atoms with Gasteiger partial charge in [-0.15, -0.1) is 0 Å². The first kappa shape index (κ1) is 26.8. The van der Waals surface area contributed by atoms with E-state index in [-0.39, 0.29) is 5.91 Å². The van der Waals surface area contributed by atoms with Crippen LogP contribution in [0.5, 0.6) is 17.2 Å². The van der Waals surface area contributed by atoms with Crippen LogP contribution in [0.15, 0.2) is 77.7 Å². The zero-order valence-corrected chi connectivity index (χ0v) is 22.9. The van der Waals surface area contributed by atoms with Gasteiger partial charge in [0.1, 0.15) is 5.75 Å². The van der Waals surface area contributed by atoms with E-state index in [1.165, 1.54) is 17.3 Å². The third-order valence-corrected chi connectivity index (χ3v) is 7.47. The third-order valence-electron chi connectivity index (χ3n) is 6.17. The minimum atomic E-state index is -0.130. The number of thiocarbonyl (C=S) groups is 1. The summed E-state index contributed by atoms with van der Waals surface area (Å²) in [5.41, 5.74) is 2.93. The highest BCUT2D eigenvalue weighted by Crippen LogP contribution is 2.37. The summed E-state index contributed by atoms with van der Waals surface area (Å²) < 4.78 is 17.9. The van der Waals surface area contributed by atoms with Crippen molar-refractivity contribution in [1.82, 2.24) is 0 Å². The van der Waals surface area contributed by atoms with E-state index in [9.17, 15) is 4.79 Å². The van der Waals surface area contributed by atoms with Crippen LogP contribution in [0.4, 0.5) is 5.69 Å². The number of carbonyl (C=O) groups is 1. The van der Waals surface area contributed by atoms with Crippen LogP contribution in [0.2, 0.25) is 0 Å². The van der Waals surface area contributed by atoms with Crippen LogP contribution in [-0.2, 0) is 4.79 Å². The Morgan fingerprint density at radius 1 is 0.973 bits per heavy atom. The van der Waals surface area contributed by atoms with Crippen LogP contribution in [0.25, 0.3) is 6.08 Å². The van der Waals surface area contributed by atoms with E-state index < -0.39 is 0 Å². The van der Waals surface area contributed by atoms with Crippen molar-refractivity contribution in [3.63, 3.8) is 0 Å². The summed E-state index contributed by atoms with van der Waals surface area (Å²) in [6.07, 6.45) is 3.69. The number of hydrogen-bond donors (Lipinski definition) is 0. The van der Waals surface area contributed by atoms with Crippen LogP contribution in [-0.4, -0.2) is 30.6 Å². The van der Waals surface area contributed by atoms with E-state index in [4.69, 9.17) is 26.4 Å². The van der Waals surface area contributed by atoms with Crippen molar-refractivity contribution in [3.8, 4) is 17.2 Å². The number of hydrogen-bond acceptors (Lipinski definition) is 6. The van der Waals surface area contributed by atoms with Crippen molar-refractivity contribution in [2.24, 2.45) is 0 Å². The van der Waals surface area contributed by atoms with Gasteiger partial charge in [0.25, 0.3) is 5.91 Å². The second-order valence-corrected chi connectivity index (χ2v) is 10.4. The van der Waals surface area contributed by atoms with Crippen molar-refractivity contribution in [2.75, 3.05) is 25.2 Å². The first-order valence-electron chi connectivity index (χ1n) is 12.4. The van der Waals surface area contributed by atoms with Gasteiger partial charge in [-0.2, -0.15) is 0 Å². The number of anilines is 1. The molecule has 0 radical (unpaired) electrons. The molecule has 0 aliphatic carbocycles. The second kappa shape index (κ2) is 12.8. The SMILES string of the molecule is CC[C@H](C)c1ccc(OCCCOc2ccc(/C=C3/SC(=S)N(c4ccccc4)C3=O)cc2OC)cc1. The number of nitrogens with zero attached hydrogens (tertiary/aromatic N) is 1. The molecular formula is C30H31NO4S2. The Morgan fingerprint density at radius 3 is 2.41 bits per heavy atom. The van der Waals surface area contributed by atoms with Crippen molar-refractivity contribution in [1.29, 1.82) is 0 Å². The van der Waals surface area contributed by atoms with E-state index in [1.54, 1.807) is 12.0 Å². The van der Waals surface area contributed by atoms with Gasteiger partial charge in [0.05, 0.1) is 30.9 Å². The number of ether oxygens (including phenoxy) is 3. The summed E-state index contributed by atoms with van der Waals surface area (Å²) in [7, 11) is 1.60. The highest BCUT2D eigenvalue weighted by molar-refractivity contribution is 8.27. The number of methoxy groups -OCH3 is 1. The van der Waals surface area contributed by atoms with Crippen molar-refractivity contribution >= 4 is 46.0 Å². The summed E-state index contributed by atoms with van der Waals surface area (Å²) in [4.78, 5) is 15.1. The molecule has 192 valence electrons. The standard InChI is InChI=1S/C30H31NO4S2/c1-4-21(2)23-12-14-25(15-13-23)34-17-8-18-35-26-16-11-22(19-27(26)33-3)20-28-29(32)31(30(36)37-28)24-9-6-5-7-10-24/h5-7,9-16,19-21H,4,8,17-18H2,1-3H3/b28-20+/t21-/m0/s1. The number of amides is 1. The molecule has 1 heterocycles. The predicted molar refractivity (Wildman–Crippen MR) is 156 cm³/mol. The lowest BCUT2D eigenvalue weighted by Crippen LogP contribution is -2.27. The Hall–Kier alpha value is -3.29. The summed E-state index contributed by atoms with van der Waals surface area (Å²) in [5, 5.41) is 0. The predicted octanol–water partition coefficient (Wildman–Crippen LogP) is 7.46. The lowest BCUT2D eigenvalue weighted by Gasteiger charge is -2.14. The van der Waals surface area contributed by atoms with E-state index >= 15 is 0 Å². The molecule has 37 heavy (non-hydrogen) atoms. The third kappa shape index (κ3) is 6.73. The zero-order valence-electron chi connectivity index (χ0n) is 21.3. The van der Waals surface area contributed by atoms with Gasteiger partial charge in [0, 0.05) is 6.42 Å². The molecule has 3 aromatic rings. The molecule has 7 heteroatoms. The normalized spacial score (nSPS) is 15.2. The van der Waals surface area contributed by atoms with E-state index in [0.717, 1.165) is 29.8 Å². The topological polar surface area (TPSA) is 48.0 Å². The molecule has 1 aliphatic heterocycles. The molecule has 1 atom stereocenters. The summed E-state index contributed by atoms with van der Waals surface area (Å²) in [5.74, 6) is 2.55. The maximum absolute atomic E-state index is 13.0. The fourth-order valence-electron chi connectivity index (χ4n) is 3.87. The monoisotopic (exact) mass is 533 g/mol. The Morgan fingerprint density at radius 2 is 1.70 bits per heavy atom. The molecular weight excluding hydrogens is 502 g/mol. The van der Waals surface area contributed by atoms with Crippen LogP contribution < -0.4 is 19.1 Å². The number of para-hydroxylation sites is 1. The second-order valence-electron chi connectivity index (χ2n) is 8.69. The molecule has 3 aromatic carbocycles. The molecule has 0 bridgehead atoms. The maximum atomic E-state index is 13.0.